The summed E-state index contributed by atoms with van der Waals surface area (Å²) in [6, 6.07) is 8.97. The van der Waals surface area contributed by atoms with Crippen molar-refractivity contribution in [2.24, 2.45) is 4.99 Å². The number of nitrogens with one attached hydrogen (secondary N) is 2. The Bertz CT molecular complexity index is 880. The molecule has 2 aromatic rings. The Labute approximate surface area is 196 Å². The lowest BCUT2D eigenvalue weighted by molar-refractivity contribution is -0.141. The molecule has 3 rings (SSSR count). The molecule has 0 amide bonds. The molecule has 31 heavy (non-hydrogen) atoms. The number of halogens is 4. The molecule has 11 heteroatoms. The molecule has 0 spiro atoms. The monoisotopic (exact) mass is 550 g/mol. The van der Waals surface area contributed by atoms with Crippen LogP contribution in [0.2, 0.25) is 0 Å². The quantitative estimate of drug-likeness (QED) is 0.257. The number of anilines is 1. The van der Waals surface area contributed by atoms with Crippen LogP contribution in [0.5, 0.6) is 0 Å². The maximum atomic E-state index is 12.7. The molecule has 0 saturated carbocycles. The van der Waals surface area contributed by atoms with Crippen molar-refractivity contribution in [1.82, 2.24) is 20.2 Å². The number of aliphatic imine (C=N–C) groups is 1. The molecular weight excluding hydrogens is 524 g/mol. The van der Waals surface area contributed by atoms with E-state index < -0.39 is 11.9 Å². The van der Waals surface area contributed by atoms with Crippen LogP contribution in [0, 0.1) is 6.92 Å². The van der Waals surface area contributed by atoms with Gasteiger partial charge in [0.15, 0.2) is 5.96 Å². The summed E-state index contributed by atoms with van der Waals surface area (Å²) in [6.45, 7) is 4.79. The second kappa shape index (κ2) is 11.5. The lowest BCUT2D eigenvalue weighted by Crippen LogP contribution is -2.49. The van der Waals surface area contributed by atoms with Gasteiger partial charge in [0.2, 0.25) is 5.95 Å². The number of guanidine groups is 1. The van der Waals surface area contributed by atoms with Gasteiger partial charge in [-0.25, -0.2) is 9.97 Å². The lowest BCUT2D eigenvalue weighted by atomic mass is 10.0. The third-order valence-corrected chi connectivity index (χ3v) is 4.75. The van der Waals surface area contributed by atoms with Crippen molar-refractivity contribution in [2.75, 3.05) is 45.2 Å². The van der Waals surface area contributed by atoms with Crippen LogP contribution >= 0.6 is 24.0 Å². The number of aromatic nitrogens is 2. The van der Waals surface area contributed by atoms with E-state index in [4.69, 9.17) is 4.74 Å². The number of nitrogens with zero attached hydrogens (tertiary/aromatic N) is 4. The maximum absolute atomic E-state index is 12.7. The molecule has 1 atom stereocenters. The fourth-order valence-corrected chi connectivity index (χ4v) is 3.26. The second-order valence-electron chi connectivity index (χ2n) is 6.83. The van der Waals surface area contributed by atoms with Crippen LogP contribution < -0.4 is 10.6 Å². The zero-order valence-electron chi connectivity index (χ0n) is 17.3. The molecule has 1 aliphatic rings. The minimum Gasteiger partial charge on any atom is -0.370 e. The average molecular weight is 550 g/mol. The van der Waals surface area contributed by atoms with Crippen LogP contribution in [0.4, 0.5) is 19.1 Å². The number of morpholine rings is 1. The molecule has 1 aromatic heterocycles. The molecule has 7 nitrogen and oxygen atoms in total. The molecule has 1 unspecified atom stereocenters. The van der Waals surface area contributed by atoms with Crippen molar-refractivity contribution in [3.05, 3.63) is 53.3 Å². The first kappa shape index (κ1) is 25.1. The molecule has 1 fully saturated rings. The summed E-state index contributed by atoms with van der Waals surface area (Å²) in [4.78, 5) is 13.7. The highest BCUT2D eigenvalue weighted by Gasteiger charge is 2.32. The predicted molar refractivity (Wildman–Crippen MR) is 124 cm³/mol. The lowest BCUT2D eigenvalue weighted by Gasteiger charge is -2.35. The van der Waals surface area contributed by atoms with Gasteiger partial charge in [-0.05, 0) is 24.1 Å². The molecule has 1 aromatic carbocycles. The summed E-state index contributed by atoms with van der Waals surface area (Å²) in [7, 11) is 1.70. The van der Waals surface area contributed by atoms with Gasteiger partial charge in [0, 0.05) is 32.9 Å². The fourth-order valence-electron chi connectivity index (χ4n) is 3.26. The number of alkyl halides is 3. The van der Waals surface area contributed by atoms with E-state index in [1.807, 2.05) is 12.1 Å². The van der Waals surface area contributed by atoms with E-state index in [0.29, 0.717) is 38.7 Å². The molecule has 1 saturated heterocycles. The van der Waals surface area contributed by atoms with Crippen LogP contribution in [-0.4, -0.2) is 60.7 Å². The topological polar surface area (TPSA) is 74.7 Å². The van der Waals surface area contributed by atoms with Gasteiger partial charge in [-0.1, -0.05) is 24.3 Å². The van der Waals surface area contributed by atoms with Crippen molar-refractivity contribution < 1.29 is 17.9 Å². The summed E-state index contributed by atoms with van der Waals surface area (Å²) >= 11 is 0. The first-order valence-electron chi connectivity index (χ1n) is 9.65. The smallest absolute Gasteiger partial charge is 0.370 e. The third-order valence-electron chi connectivity index (χ3n) is 4.75. The number of rotatable bonds is 5. The normalized spacial score (nSPS) is 17.1. The van der Waals surface area contributed by atoms with Crippen molar-refractivity contribution >= 4 is 35.9 Å². The van der Waals surface area contributed by atoms with Crippen LogP contribution in [0.15, 0.2) is 41.5 Å². The van der Waals surface area contributed by atoms with Gasteiger partial charge in [-0.3, -0.25) is 4.99 Å². The number of hydrogen-bond donors (Lipinski definition) is 2. The average Bonchev–Trinajstić information content (AvgIpc) is 2.74. The number of hydrogen-bond acceptors (Lipinski definition) is 5. The second-order valence-corrected chi connectivity index (χ2v) is 6.83. The predicted octanol–water partition coefficient (Wildman–Crippen LogP) is 3.48. The van der Waals surface area contributed by atoms with E-state index >= 15 is 0 Å². The third kappa shape index (κ3) is 6.92. The minimum absolute atomic E-state index is 0. The zero-order chi connectivity index (χ0) is 21.6. The Morgan fingerprint density at radius 3 is 2.74 bits per heavy atom. The van der Waals surface area contributed by atoms with E-state index in [1.165, 1.54) is 5.56 Å². The number of aryl methyl sites for hydroxylation is 1. The summed E-state index contributed by atoms with van der Waals surface area (Å²) in [5.74, 6) is 0.649. The summed E-state index contributed by atoms with van der Waals surface area (Å²) in [5, 5.41) is 6.02. The Morgan fingerprint density at radius 1 is 1.26 bits per heavy atom. The van der Waals surface area contributed by atoms with Crippen LogP contribution in [-0.2, 0) is 10.9 Å². The van der Waals surface area contributed by atoms with E-state index in [1.54, 1.807) is 7.05 Å². The molecule has 0 aliphatic carbocycles. The number of benzene rings is 1. The number of ether oxygens (including phenoxy) is 1. The van der Waals surface area contributed by atoms with Gasteiger partial charge >= 0.3 is 6.18 Å². The van der Waals surface area contributed by atoms with Crippen molar-refractivity contribution in [3.8, 4) is 0 Å². The van der Waals surface area contributed by atoms with Gasteiger partial charge in [0.25, 0.3) is 0 Å². The first-order valence-corrected chi connectivity index (χ1v) is 9.65. The maximum Gasteiger partial charge on any atom is 0.433 e. The molecule has 0 radical (unpaired) electrons. The summed E-state index contributed by atoms with van der Waals surface area (Å²) < 4.78 is 44.1. The standard InChI is InChI=1S/C20H25F3N6O.HI/c1-14-5-3-4-6-15(14)16-13-29(11-12-30-16)19(24-2)27-10-9-26-18-25-8-7-17(28-18)20(21,22)23;/h3-8,16H,9-13H2,1-2H3,(H,24,27)(H,25,26,28);1H. The summed E-state index contributed by atoms with van der Waals surface area (Å²) in [5.41, 5.74) is 1.36. The van der Waals surface area contributed by atoms with E-state index in [-0.39, 0.29) is 36.0 Å². The van der Waals surface area contributed by atoms with Crippen molar-refractivity contribution in [1.29, 1.82) is 0 Å². The molecule has 0 bridgehead atoms. The highest BCUT2D eigenvalue weighted by molar-refractivity contribution is 14.0. The SMILES string of the molecule is CN=C(NCCNc1nccc(C(F)(F)F)n1)N1CCOC(c2ccccc2C)C1.I. The Kier molecular flexibility index (Phi) is 9.29. The van der Waals surface area contributed by atoms with Crippen LogP contribution in [0.3, 0.4) is 0 Å². The van der Waals surface area contributed by atoms with Gasteiger partial charge < -0.3 is 20.3 Å². The Hall–Kier alpha value is -2.15. The molecule has 2 heterocycles. The van der Waals surface area contributed by atoms with Gasteiger partial charge in [0.1, 0.15) is 11.8 Å². The largest absolute Gasteiger partial charge is 0.433 e. The van der Waals surface area contributed by atoms with Crippen molar-refractivity contribution in [2.45, 2.75) is 19.2 Å². The highest BCUT2D eigenvalue weighted by Crippen LogP contribution is 2.27. The van der Waals surface area contributed by atoms with Gasteiger partial charge in [-0.2, -0.15) is 13.2 Å². The Morgan fingerprint density at radius 2 is 2.03 bits per heavy atom. The minimum atomic E-state index is -4.50. The molecular formula is C20H26F3IN6O. The van der Waals surface area contributed by atoms with E-state index in [9.17, 15) is 13.2 Å². The van der Waals surface area contributed by atoms with E-state index in [2.05, 4.69) is 49.6 Å². The summed E-state index contributed by atoms with van der Waals surface area (Å²) in [6.07, 6.45) is -3.46. The highest BCUT2D eigenvalue weighted by atomic mass is 127. The Balaban J connectivity index is 0.00000341. The molecule has 1 aliphatic heterocycles. The van der Waals surface area contributed by atoms with Crippen molar-refractivity contribution in [3.63, 3.8) is 0 Å². The molecule has 2 N–H and O–H groups in total. The van der Waals surface area contributed by atoms with Gasteiger partial charge in [-0.15, -0.1) is 24.0 Å². The zero-order valence-corrected chi connectivity index (χ0v) is 19.6. The van der Waals surface area contributed by atoms with E-state index in [0.717, 1.165) is 17.8 Å². The van der Waals surface area contributed by atoms with Gasteiger partial charge in [0.05, 0.1) is 13.2 Å². The first-order chi connectivity index (χ1) is 14.4. The van der Waals surface area contributed by atoms with Crippen LogP contribution in [0.1, 0.15) is 22.9 Å². The molecule has 170 valence electrons. The fraction of sp³-hybridized carbons (Fsp3) is 0.450. The van der Waals surface area contributed by atoms with Crippen LogP contribution in [0.25, 0.3) is 0 Å².